The molecule has 0 aliphatic rings. The van der Waals surface area contributed by atoms with Crippen LogP contribution in [0.4, 0.5) is 6.01 Å². The van der Waals surface area contributed by atoms with Crippen molar-refractivity contribution in [3.8, 4) is 17.2 Å². The third-order valence-corrected chi connectivity index (χ3v) is 5.06. The van der Waals surface area contributed by atoms with Crippen LogP contribution in [0.25, 0.3) is 11.5 Å². The SMILES string of the molecule is COc1ccccc1-c1nnc(NC(=O)CS(=O)(=O)c2ccccc2)o1. The molecule has 1 amide bonds. The van der Waals surface area contributed by atoms with E-state index >= 15 is 0 Å². The molecule has 3 aromatic rings. The number of hydrogen-bond acceptors (Lipinski definition) is 7. The Kier molecular flexibility index (Phi) is 4.99. The largest absolute Gasteiger partial charge is 0.496 e. The number of sulfone groups is 1. The topological polar surface area (TPSA) is 111 Å². The Labute approximate surface area is 149 Å². The van der Waals surface area contributed by atoms with E-state index in [4.69, 9.17) is 9.15 Å². The Balaban J connectivity index is 1.72. The first kappa shape index (κ1) is 17.6. The zero-order valence-corrected chi connectivity index (χ0v) is 14.6. The summed E-state index contributed by atoms with van der Waals surface area (Å²) in [5.74, 6) is -0.836. The summed E-state index contributed by atoms with van der Waals surface area (Å²) < 4.78 is 35.0. The van der Waals surface area contributed by atoms with Crippen molar-refractivity contribution < 1.29 is 22.4 Å². The fraction of sp³-hybridized carbons (Fsp3) is 0.118. The number of carbonyl (C=O) groups excluding carboxylic acids is 1. The minimum absolute atomic E-state index is 0.0652. The standard InChI is InChI=1S/C17H15N3O5S/c1-24-14-10-6-5-9-13(14)16-19-20-17(25-16)18-15(21)11-26(22,23)12-7-3-2-4-8-12/h2-10H,11H2,1H3,(H,18,20,21). The van der Waals surface area contributed by atoms with E-state index in [2.05, 4.69) is 15.5 Å². The van der Waals surface area contributed by atoms with Crippen LogP contribution in [-0.2, 0) is 14.6 Å². The van der Waals surface area contributed by atoms with E-state index in [1.807, 2.05) is 0 Å². The number of anilines is 1. The number of para-hydroxylation sites is 1. The molecule has 0 spiro atoms. The van der Waals surface area contributed by atoms with Crippen LogP contribution < -0.4 is 10.1 Å². The van der Waals surface area contributed by atoms with Crippen molar-refractivity contribution in [2.24, 2.45) is 0 Å². The quantitative estimate of drug-likeness (QED) is 0.704. The highest BCUT2D eigenvalue weighted by molar-refractivity contribution is 7.92. The molecule has 2 aromatic carbocycles. The lowest BCUT2D eigenvalue weighted by Crippen LogP contribution is -2.23. The van der Waals surface area contributed by atoms with Gasteiger partial charge < -0.3 is 9.15 Å². The van der Waals surface area contributed by atoms with E-state index in [0.717, 1.165) is 0 Å². The van der Waals surface area contributed by atoms with Gasteiger partial charge in [0, 0.05) is 0 Å². The first-order valence-electron chi connectivity index (χ1n) is 7.54. The predicted molar refractivity (Wildman–Crippen MR) is 93.4 cm³/mol. The molecule has 9 heteroatoms. The predicted octanol–water partition coefficient (Wildman–Crippen LogP) is 2.16. The average molecular weight is 373 g/mol. The number of nitrogens with one attached hydrogen (secondary N) is 1. The minimum Gasteiger partial charge on any atom is -0.496 e. The van der Waals surface area contributed by atoms with Gasteiger partial charge in [0.25, 0.3) is 5.89 Å². The number of methoxy groups -OCH3 is 1. The fourth-order valence-corrected chi connectivity index (χ4v) is 3.40. The zero-order chi connectivity index (χ0) is 18.6. The molecule has 1 heterocycles. The molecule has 0 atom stereocenters. The lowest BCUT2D eigenvalue weighted by molar-refractivity contribution is -0.114. The highest BCUT2D eigenvalue weighted by Crippen LogP contribution is 2.29. The molecule has 0 aliphatic heterocycles. The monoisotopic (exact) mass is 373 g/mol. The zero-order valence-electron chi connectivity index (χ0n) is 13.7. The Bertz CT molecular complexity index is 1020. The van der Waals surface area contributed by atoms with Gasteiger partial charge in [-0.15, -0.1) is 5.10 Å². The number of aromatic nitrogens is 2. The summed E-state index contributed by atoms with van der Waals surface area (Å²) in [4.78, 5) is 12.1. The lowest BCUT2D eigenvalue weighted by atomic mass is 10.2. The third kappa shape index (κ3) is 3.89. The summed E-state index contributed by atoms with van der Waals surface area (Å²) in [5, 5.41) is 9.85. The van der Waals surface area contributed by atoms with Gasteiger partial charge in [0.05, 0.1) is 17.6 Å². The first-order chi connectivity index (χ1) is 12.5. The fourth-order valence-electron chi connectivity index (χ4n) is 2.24. The van der Waals surface area contributed by atoms with E-state index < -0.39 is 21.5 Å². The smallest absolute Gasteiger partial charge is 0.322 e. The first-order valence-corrected chi connectivity index (χ1v) is 9.19. The molecule has 0 saturated carbocycles. The van der Waals surface area contributed by atoms with E-state index in [1.165, 1.54) is 19.2 Å². The van der Waals surface area contributed by atoms with E-state index in [9.17, 15) is 13.2 Å². The maximum Gasteiger partial charge on any atom is 0.322 e. The van der Waals surface area contributed by atoms with Crippen molar-refractivity contribution >= 4 is 21.8 Å². The number of benzene rings is 2. The molecule has 0 fully saturated rings. The van der Waals surface area contributed by atoms with Gasteiger partial charge in [0.1, 0.15) is 11.5 Å². The van der Waals surface area contributed by atoms with Gasteiger partial charge in [0.15, 0.2) is 9.84 Å². The number of rotatable bonds is 6. The maximum atomic E-state index is 12.2. The lowest BCUT2D eigenvalue weighted by Gasteiger charge is -2.04. The van der Waals surface area contributed by atoms with Gasteiger partial charge >= 0.3 is 6.01 Å². The summed E-state index contributed by atoms with van der Waals surface area (Å²) in [6.07, 6.45) is 0. The number of amides is 1. The number of ether oxygens (including phenoxy) is 1. The minimum atomic E-state index is -3.76. The molecular weight excluding hydrogens is 358 g/mol. The van der Waals surface area contributed by atoms with Gasteiger partial charge in [-0.05, 0) is 24.3 Å². The van der Waals surface area contributed by atoms with Crippen molar-refractivity contribution in [1.29, 1.82) is 0 Å². The van der Waals surface area contributed by atoms with Crippen LogP contribution in [0.3, 0.4) is 0 Å². The molecule has 26 heavy (non-hydrogen) atoms. The molecule has 0 saturated heterocycles. The van der Waals surface area contributed by atoms with Crippen LogP contribution in [0.15, 0.2) is 63.9 Å². The summed E-state index contributed by atoms with van der Waals surface area (Å²) in [7, 11) is -2.25. The van der Waals surface area contributed by atoms with Crippen LogP contribution in [-0.4, -0.2) is 37.4 Å². The van der Waals surface area contributed by atoms with Crippen LogP contribution in [0.5, 0.6) is 5.75 Å². The number of hydrogen-bond donors (Lipinski definition) is 1. The van der Waals surface area contributed by atoms with E-state index in [1.54, 1.807) is 42.5 Å². The van der Waals surface area contributed by atoms with Crippen LogP contribution in [0.1, 0.15) is 0 Å². The molecule has 1 N–H and O–H groups in total. The highest BCUT2D eigenvalue weighted by atomic mass is 32.2. The normalized spacial score (nSPS) is 11.1. The molecule has 3 rings (SSSR count). The molecule has 0 radical (unpaired) electrons. The van der Waals surface area contributed by atoms with Crippen molar-refractivity contribution in [1.82, 2.24) is 10.2 Å². The van der Waals surface area contributed by atoms with Crippen LogP contribution in [0.2, 0.25) is 0 Å². The summed E-state index contributed by atoms with van der Waals surface area (Å²) in [5.41, 5.74) is 0.555. The number of carbonyl (C=O) groups is 1. The molecule has 0 aliphatic carbocycles. The highest BCUT2D eigenvalue weighted by Gasteiger charge is 2.21. The summed E-state index contributed by atoms with van der Waals surface area (Å²) >= 11 is 0. The number of nitrogens with zero attached hydrogens (tertiary/aromatic N) is 2. The Morgan fingerprint density at radius 1 is 1.08 bits per heavy atom. The Morgan fingerprint density at radius 2 is 1.77 bits per heavy atom. The van der Waals surface area contributed by atoms with Gasteiger partial charge in [-0.25, -0.2) is 8.42 Å². The molecule has 0 bridgehead atoms. The van der Waals surface area contributed by atoms with Crippen molar-refractivity contribution in [2.45, 2.75) is 4.90 Å². The molecule has 134 valence electrons. The Morgan fingerprint density at radius 3 is 2.50 bits per heavy atom. The Hall–Kier alpha value is -3.20. The third-order valence-electron chi connectivity index (χ3n) is 3.43. The second-order valence-corrected chi connectivity index (χ2v) is 7.22. The van der Waals surface area contributed by atoms with E-state index in [0.29, 0.717) is 11.3 Å². The summed E-state index contributed by atoms with van der Waals surface area (Å²) in [6, 6.07) is 14.5. The molecule has 0 unspecified atom stereocenters. The average Bonchev–Trinajstić information content (AvgIpc) is 3.10. The second kappa shape index (κ2) is 7.36. The van der Waals surface area contributed by atoms with Crippen molar-refractivity contribution in [2.75, 3.05) is 18.2 Å². The molecular formula is C17H15N3O5S. The second-order valence-electron chi connectivity index (χ2n) is 5.23. The van der Waals surface area contributed by atoms with Crippen LogP contribution >= 0.6 is 0 Å². The van der Waals surface area contributed by atoms with Gasteiger partial charge in [-0.3, -0.25) is 10.1 Å². The van der Waals surface area contributed by atoms with Gasteiger partial charge in [-0.1, -0.05) is 35.4 Å². The van der Waals surface area contributed by atoms with Gasteiger partial charge in [0.2, 0.25) is 5.91 Å². The molecule has 1 aromatic heterocycles. The van der Waals surface area contributed by atoms with Crippen LogP contribution in [0, 0.1) is 0 Å². The molecule has 8 nitrogen and oxygen atoms in total. The maximum absolute atomic E-state index is 12.2. The van der Waals surface area contributed by atoms with Crippen molar-refractivity contribution in [3.63, 3.8) is 0 Å². The van der Waals surface area contributed by atoms with E-state index in [-0.39, 0.29) is 16.8 Å². The summed E-state index contributed by atoms with van der Waals surface area (Å²) in [6.45, 7) is 0. The van der Waals surface area contributed by atoms with Crippen molar-refractivity contribution in [3.05, 3.63) is 54.6 Å². The van der Waals surface area contributed by atoms with Gasteiger partial charge in [-0.2, -0.15) is 0 Å².